The molecule has 0 unspecified atom stereocenters. The van der Waals surface area contributed by atoms with Gasteiger partial charge in [-0.15, -0.1) is 0 Å². The summed E-state index contributed by atoms with van der Waals surface area (Å²) < 4.78 is 62.2. The highest BCUT2D eigenvalue weighted by molar-refractivity contribution is 5.88. The largest absolute Gasteiger partial charge is 0.497 e. The lowest BCUT2D eigenvalue weighted by Gasteiger charge is -2.41. The smallest absolute Gasteiger partial charge is 0.162 e. The van der Waals surface area contributed by atoms with Crippen LogP contribution in [0.5, 0.6) is 5.75 Å². The molecule has 0 radical (unpaired) electrons. The van der Waals surface area contributed by atoms with Crippen molar-refractivity contribution in [1.29, 1.82) is 0 Å². The first-order chi connectivity index (χ1) is 18.7. The Morgan fingerprint density at radius 2 is 1.87 bits per heavy atom. The van der Waals surface area contributed by atoms with Gasteiger partial charge < -0.3 is 19.6 Å². The van der Waals surface area contributed by atoms with Crippen LogP contribution in [0.4, 0.5) is 23.2 Å². The van der Waals surface area contributed by atoms with Crippen LogP contribution in [0.1, 0.15) is 49.4 Å². The number of hydrogen-bond donors (Lipinski definition) is 1. The molecule has 1 aliphatic heterocycles. The van der Waals surface area contributed by atoms with E-state index >= 15 is 4.39 Å². The summed E-state index contributed by atoms with van der Waals surface area (Å²) in [5, 5.41) is 11.0. The molecule has 0 aliphatic carbocycles. The molecule has 39 heavy (non-hydrogen) atoms. The van der Waals surface area contributed by atoms with Crippen molar-refractivity contribution in [2.45, 2.75) is 44.7 Å². The van der Waals surface area contributed by atoms with Gasteiger partial charge in [-0.3, -0.25) is 4.98 Å². The number of alkyl halides is 1. The zero-order chi connectivity index (χ0) is 28.2. The van der Waals surface area contributed by atoms with E-state index in [0.717, 1.165) is 24.5 Å². The van der Waals surface area contributed by atoms with E-state index in [2.05, 4.69) is 9.88 Å². The third-order valence-corrected chi connectivity index (χ3v) is 8.06. The Hall–Kier alpha value is -2.91. The van der Waals surface area contributed by atoms with Crippen molar-refractivity contribution in [1.82, 2.24) is 9.88 Å². The summed E-state index contributed by atoms with van der Waals surface area (Å²) in [6.45, 7) is 2.07. The van der Waals surface area contributed by atoms with Crippen LogP contribution in [0.25, 0.3) is 10.9 Å². The standard InChI is InChI=1S/C30H37F4N3O2/c1-36(2)27-18-35-26-7-6-22(39-3)17-23(26)28(27)24(32)8-9-30(19-38)10-13-37(14-11-30)12-4-5-20-15-21(31)16-25(33)29(20)34/h6-7,15-18,24,38H,4-5,8-14,19H2,1-3H3/t24-/m1/s1. The molecule has 2 aromatic carbocycles. The van der Waals surface area contributed by atoms with E-state index in [1.165, 1.54) is 0 Å². The highest BCUT2D eigenvalue weighted by Crippen LogP contribution is 2.42. The number of ether oxygens (including phenoxy) is 1. The quantitative estimate of drug-likeness (QED) is 0.228. The second kappa shape index (κ2) is 12.5. The topological polar surface area (TPSA) is 48.8 Å². The number of anilines is 1. The van der Waals surface area contributed by atoms with Crippen LogP contribution in [0, 0.1) is 22.9 Å². The van der Waals surface area contributed by atoms with Crippen LogP contribution < -0.4 is 9.64 Å². The van der Waals surface area contributed by atoms with Gasteiger partial charge in [-0.05, 0) is 93.4 Å². The normalized spacial score (nSPS) is 16.4. The molecule has 2 heterocycles. The van der Waals surface area contributed by atoms with E-state index in [4.69, 9.17) is 4.74 Å². The Morgan fingerprint density at radius 1 is 1.13 bits per heavy atom. The number of fused-ring (bicyclic) bond motifs is 1. The van der Waals surface area contributed by atoms with Crippen molar-refractivity contribution >= 4 is 16.6 Å². The fraction of sp³-hybridized carbons (Fsp3) is 0.500. The Balaban J connectivity index is 1.38. The average molecular weight is 548 g/mol. The molecular formula is C30H37F4N3O2. The van der Waals surface area contributed by atoms with E-state index in [1.807, 2.05) is 37.2 Å². The molecule has 4 rings (SSSR count). The van der Waals surface area contributed by atoms with Crippen LogP contribution in [-0.2, 0) is 6.42 Å². The Kier molecular flexibility index (Phi) is 9.33. The van der Waals surface area contributed by atoms with E-state index in [-0.39, 0.29) is 30.4 Å². The average Bonchev–Trinajstić information content (AvgIpc) is 2.94. The van der Waals surface area contributed by atoms with Crippen molar-refractivity contribution in [2.75, 3.05) is 52.3 Å². The van der Waals surface area contributed by atoms with Gasteiger partial charge in [0.05, 0.1) is 24.5 Å². The number of nitrogens with zero attached hydrogens (tertiary/aromatic N) is 3. The van der Waals surface area contributed by atoms with Crippen molar-refractivity contribution in [3.05, 3.63) is 65.1 Å². The van der Waals surface area contributed by atoms with Gasteiger partial charge in [-0.1, -0.05) is 0 Å². The number of benzene rings is 2. The summed E-state index contributed by atoms with van der Waals surface area (Å²) >= 11 is 0. The second-order valence-electron chi connectivity index (χ2n) is 10.8. The molecule has 3 aromatic rings. The van der Waals surface area contributed by atoms with Crippen LogP contribution >= 0.6 is 0 Å². The number of halogens is 4. The predicted molar refractivity (Wildman–Crippen MR) is 146 cm³/mol. The molecule has 1 atom stereocenters. The van der Waals surface area contributed by atoms with Crippen LogP contribution in [0.15, 0.2) is 36.5 Å². The lowest BCUT2D eigenvalue weighted by atomic mass is 9.74. The van der Waals surface area contributed by atoms with Crippen LogP contribution in [0.2, 0.25) is 0 Å². The first kappa shape index (κ1) is 29.1. The molecule has 5 nitrogen and oxygen atoms in total. The maximum Gasteiger partial charge on any atom is 0.162 e. The van der Waals surface area contributed by atoms with Gasteiger partial charge in [0.25, 0.3) is 0 Å². The number of aryl methyl sites for hydroxylation is 1. The second-order valence-corrected chi connectivity index (χ2v) is 10.8. The maximum atomic E-state index is 16.0. The molecule has 0 spiro atoms. The highest BCUT2D eigenvalue weighted by Gasteiger charge is 2.35. The third kappa shape index (κ3) is 6.64. The summed E-state index contributed by atoms with van der Waals surface area (Å²) in [6.07, 6.45) is 3.48. The number of aliphatic hydroxyl groups excluding tert-OH is 1. The Labute approximate surface area is 227 Å². The maximum absolute atomic E-state index is 16.0. The van der Waals surface area contributed by atoms with Gasteiger partial charge in [-0.25, -0.2) is 17.6 Å². The highest BCUT2D eigenvalue weighted by atomic mass is 19.2. The molecule has 1 aliphatic rings. The first-order valence-corrected chi connectivity index (χ1v) is 13.4. The number of likely N-dealkylation sites (tertiary alicyclic amines) is 1. The third-order valence-electron chi connectivity index (χ3n) is 8.06. The van der Waals surface area contributed by atoms with Crippen LogP contribution in [0.3, 0.4) is 0 Å². The van der Waals surface area contributed by atoms with Gasteiger partial charge in [0.15, 0.2) is 11.6 Å². The minimum Gasteiger partial charge on any atom is -0.497 e. The molecule has 1 N–H and O–H groups in total. The fourth-order valence-corrected chi connectivity index (χ4v) is 5.59. The van der Waals surface area contributed by atoms with E-state index in [0.29, 0.717) is 60.8 Å². The van der Waals surface area contributed by atoms with E-state index in [1.54, 1.807) is 13.3 Å². The molecule has 0 bridgehead atoms. The zero-order valence-corrected chi connectivity index (χ0v) is 22.8. The van der Waals surface area contributed by atoms with E-state index < -0.39 is 23.6 Å². The number of pyridine rings is 1. The first-order valence-electron chi connectivity index (χ1n) is 13.4. The molecule has 1 fully saturated rings. The zero-order valence-electron chi connectivity index (χ0n) is 22.8. The molecule has 212 valence electrons. The predicted octanol–water partition coefficient (Wildman–Crippen LogP) is 6.22. The van der Waals surface area contributed by atoms with Gasteiger partial charge in [0.1, 0.15) is 17.7 Å². The van der Waals surface area contributed by atoms with Crippen molar-refractivity contribution in [3.8, 4) is 5.75 Å². The summed E-state index contributed by atoms with van der Waals surface area (Å²) in [5.74, 6) is -2.30. The number of rotatable bonds is 11. The summed E-state index contributed by atoms with van der Waals surface area (Å²) in [6, 6.07) is 7.05. The number of methoxy groups -OCH3 is 1. The Bertz CT molecular complexity index is 1280. The molecule has 0 amide bonds. The van der Waals surface area contributed by atoms with E-state index in [9.17, 15) is 18.3 Å². The minimum absolute atomic E-state index is 0.0210. The van der Waals surface area contributed by atoms with Crippen molar-refractivity contribution < 1.29 is 27.4 Å². The van der Waals surface area contributed by atoms with Gasteiger partial charge in [-0.2, -0.15) is 0 Å². The van der Waals surface area contributed by atoms with Gasteiger partial charge in [0.2, 0.25) is 0 Å². The molecule has 0 saturated carbocycles. The molecule has 9 heteroatoms. The lowest BCUT2D eigenvalue weighted by molar-refractivity contribution is 0.0300. The molecule has 1 saturated heterocycles. The lowest BCUT2D eigenvalue weighted by Crippen LogP contribution is -2.42. The number of aromatic nitrogens is 1. The molecule has 1 aromatic heterocycles. The summed E-state index contributed by atoms with van der Waals surface area (Å²) in [7, 11) is 5.31. The Morgan fingerprint density at radius 3 is 2.54 bits per heavy atom. The molecular weight excluding hydrogens is 510 g/mol. The number of piperidine rings is 1. The van der Waals surface area contributed by atoms with Crippen molar-refractivity contribution in [2.24, 2.45) is 5.41 Å². The van der Waals surface area contributed by atoms with Crippen molar-refractivity contribution in [3.63, 3.8) is 0 Å². The fourth-order valence-electron chi connectivity index (χ4n) is 5.59. The monoisotopic (exact) mass is 547 g/mol. The van der Waals surface area contributed by atoms with Gasteiger partial charge >= 0.3 is 0 Å². The van der Waals surface area contributed by atoms with Gasteiger partial charge in [0, 0.05) is 37.7 Å². The number of aliphatic hydroxyl groups is 1. The minimum atomic E-state index is -1.25. The summed E-state index contributed by atoms with van der Waals surface area (Å²) in [4.78, 5) is 8.57. The number of hydrogen-bond acceptors (Lipinski definition) is 5. The summed E-state index contributed by atoms with van der Waals surface area (Å²) in [5.41, 5.74) is 1.66. The van der Waals surface area contributed by atoms with Crippen LogP contribution in [-0.4, -0.2) is 62.4 Å². The SMILES string of the molecule is COc1ccc2ncc(N(C)C)c([C@H](F)CCC3(CO)CCN(CCCc4cc(F)cc(F)c4F)CC3)c2c1.